The number of hydrogen-bond acceptors (Lipinski definition) is 3. The van der Waals surface area contributed by atoms with Crippen molar-refractivity contribution in [1.82, 2.24) is 4.57 Å². The van der Waals surface area contributed by atoms with Crippen molar-refractivity contribution in [3.8, 4) is 0 Å². The number of rotatable bonds is 7. The van der Waals surface area contributed by atoms with Gasteiger partial charge in [-0.2, -0.15) is 0 Å². The molecule has 0 spiro atoms. The van der Waals surface area contributed by atoms with Gasteiger partial charge in [0.05, 0.1) is 11.4 Å². The number of nitrogens with zero attached hydrogens (tertiary/aromatic N) is 1. The molecule has 2 aromatic carbocycles. The van der Waals surface area contributed by atoms with E-state index in [1.807, 2.05) is 36.7 Å². The first-order valence-corrected chi connectivity index (χ1v) is 11.3. The van der Waals surface area contributed by atoms with E-state index in [0.717, 1.165) is 16.8 Å². The highest BCUT2D eigenvalue weighted by molar-refractivity contribution is 7.92. The molecule has 0 saturated heterocycles. The molecule has 1 aromatic heterocycles. The van der Waals surface area contributed by atoms with Gasteiger partial charge in [0.2, 0.25) is 15.8 Å². The Morgan fingerprint density at radius 3 is 2.28 bits per heavy atom. The van der Waals surface area contributed by atoms with Gasteiger partial charge in [-0.3, -0.25) is 9.52 Å². The fourth-order valence-corrected chi connectivity index (χ4v) is 3.98. The number of carbonyl (C=O) groups excluding carboxylic acids is 1. The molecular formula is C22H23ClN2O3S. The maximum Gasteiger partial charge on any atom is 0.232 e. The fraction of sp³-hybridized carbons (Fsp3) is 0.227. The Morgan fingerprint density at radius 1 is 1.07 bits per heavy atom. The predicted molar refractivity (Wildman–Crippen MR) is 117 cm³/mol. The summed E-state index contributed by atoms with van der Waals surface area (Å²) in [6.07, 6.45) is 0.631. The number of hydrogen-bond donors (Lipinski definition) is 1. The van der Waals surface area contributed by atoms with Crippen LogP contribution in [0.25, 0.3) is 0 Å². The Balaban J connectivity index is 1.81. The Morgan fingerprint density at radius 2 is 1.69 bits per heavy atom. The molecule has 1 N–H and O–H groups in total. The minimum absolute atomic E-state index is 0.0296. The molecule has 0 bridgehead atoms. The smallest absolute Gasteiger partial charge is 0.232 e. The monoisotopic (exact) mass is 430 g/mol. The molecule has 0 radical (unpaired) electrons. The van der Waals surface area contributed by atoms with Gasteiger partial charge in [-0.1, -0.05) is 23.7 Å². The minimum atomic E-state index is -3.29. The molecule has 152 valence electrons. The van der Waals surface area contributed by atoms with Crippen LogP contribution >= 0.6 is 11.6 Å². The Kier molecular flexibility index (Phi) is 6.15. The SMILES string of the molecule is CCS(=O)(=O)Nc1ccc(Cc2cc(C)c(C(=O)c3ccc(Cl)cc3)n2C)cc1. The first-order chi connectivity index (χ1) is 13.7. The fourth-order valence-electron chi connectivity index (χ4n) is 3.21. The second kappa shape index (κ2) is 8.43. The van der Waals surface area contributed by atoms with Crippen molar-refractivity contribution in [3.05, 3.63) is 87.7 Å². The van der Waals surface area contributed by atoms with Crippen LogP contribution in [0.15, 0.2) is 54.6 Å². The summed E-state index contributed by atoms with van der Waals surface area (Å²) in [5.74, 6) is -0.0147. The number of carbonyl (C=O) groups is 1. The third-order valence-electron chi connectivity index (χ3n) is 4.84. The minimum Gasteiger partial charge on any atom is -0.344 e. The van der Waals surface area contributed by atoms with Gasteiger partial charge in [-0.15, -0.1) is 0 Å². The summed E-state index contributed by atoms with van der Waals surface area (Å²) < 4.78 is 27.8. The molecule has 0 fully saturated rings. The van der Waals surface area contributed by atoms with Gasteiger partial charge in [-0.05, 0) is 67.4 Å². The molecule has 29 heavy (non-hydrogen) atoms. The van der Waals surface area contributed by atoms with Crippen LogP contribution < -0.4 is 4.72 Å². The van der Waals surface area contributed by atoms with Gasteiger partial charge < -0.3 is 4.57 Å². The van der Waals surface area contributed by atoms with Gasteiger partial charge in [0.15, 0.2) is 0 Å². The summed E-state index contributed by atoms with van der Waals surface area (Å²) in [5, 5.41) is 0.593. The molecule has 0 aliphatic rings. The number of aromatic nitrogens is 1. The largest absolute Gasteiger partial charge is 0.344 e. The van der Waals surface area contributed by atoms with Crippen LogP contribution in [0.2, 0.25) is 5.02 Å². The first kappa shape index (κ1) is 21.1. The van der Waals surface area contributed by atoms with Crippen molar-refractivity contribution >= 4 is 33.1 Å². The number of halogens is 1. The van der Waals surface area contributed by atoms with Crippen LogP contribution in [0.4, 0.5) is 5.69 Å². The zero-order valence-electron chi connectivity index (χ0n) is 16.6. The third-order valence-corrected chi connectivity index (χ3v) is 6.40. The molecular weight excluding hydrogens is 408 g/mol. The highest BCUT2D eigenvalue weighted by Gasteiger charge is 2.18. The zero-order chi connectivity index (χ0) is 21.2. The van der Waals surface area contributed by atoms with E-state index in [4.69, 9.17) is 11.6 Å². The van der Waals surface area contributed by atoms with Crippen LogP contribution in [0.3, 0.4) is 0 Å². The number of anilines is 1. The highest BCUT2D eigenvalue weighted by Crippen LogP contribution is 2.22. The molecule has 1 heterocycles. The van der Waals surface area contributed by atoms with Gasteiger partial charge in [-0.25, -0.2) is 8.42 Å². The van der Waals surface area contributed by atoms with Gasteiger partial charge in [0.1, 0.15) is 0 Å². The van der Waals surface area contributed by atoms with Gasteiger partial charge in [0.25, 0.3) is 0 Å². The van der Waals surface area contributed by atoms with Crippen molar-refractivity contribution in [2.24, 2.45) is 7.05 Å². The van der Waals surface area contributed by atoms with E-state index < -0.39 is 10.0 Å². The predicted octanol–water partition coefficient (Wildman–Crippen LogP) is 4.57. The van der Waals surface area contributed by atoms with Gasteiger partial charge in [0, 0.05) is 35.4 Å². The molecule has 3 rings (SSSR count). The number of nitrogens with one attached hydrogen (secondary N) is 1. The maximum absolute atomic E-state index is 12.9. The lowest BCUT2D eigenvalue weighted by Crippen LogP contribution is -2.14. The summed E-state index contributed by atoms with van der Waals surface area (Å²) >= 11 is 5.92. The average molecular weight is 431 g/mol. The molecule has 7 heteroatoms. The lowest BCUT2D eigenvalue weighted by Gasteiger charge is -2.10. The molecule has 0 atom stereocenters. The van der Waals surface area contributed by atoms with Crippen molar-refractivity contribution in [2.75, 3.05) is 10.5 Å². The third kappa shape index (κ3) is 4.89. The van der Waals surface area contributed by atoms with E-state index in [1.54, 1.807) is 43.3 Å². The van der Waals surface area contributed by atoms with E-state index in [-0.39, 0.29) is 11.5 Å². The summed E-state index contributed by atoms with van der Waals surface area (Å²) in [6, 6.07) is 16.2. The van der Waals surface area contributed by atoms with Crippen molar-refractivity contribution in [2.45, 2.75) is 20.3 Å². The lowest BCUT2D eigenvalue weighted by atomic mass is 10.1. The first-order valence-electron chi connectivity index (χ1n) is 9.25. The van der Waals surface area contributed by atoms with Crippen LogP contribution in [-0.4, -0.2) is 24.5 Å². The standard InChI is InChI=1S/C22H23ClN2O3S/c1-4-29(27,28)24-19-11-5-16(6-12-19)14-20-13-15(2)21(25(20)3)22(26)17-7-9-18(23)10-8-17/h5-13,24H,4,14H2,1-3H3. The normalized spacial score (nSPS) is 11.4. The number of benzene rings is 2. The van der Waals surface area contributed by atoms with Gasteiger partial charge >= 0.3 is 0 Å². The van der Waals surface area contributed by atoms with E-state index in [2.05, 4.69) is 4.72 Å². The summed E-state index contributed by atoms with van der Waals surface area (Å²) in [5.41, 5.74) is 4.72. The molecule has 0 saturated carbocycles. The lowest BCUT2D eigenvalue weighted by molar-refractivity contribution is 0.103. The molecule has 0 amide bonds. The highest BCUT2D eigenvalue weighted by atomic mass is 35.5. The molecule has 5 nitrogen and oxygen atoms in total. The molecule has 3 aromatic rings. The average Bonchev–Trinajstić information content (AvgIpc) is 2.96. The number of ketones is 1. The molecule has 0 aliphatic heterocycles. The van der Waals surface area contributed by atoms with E-state index in [9.17, 15) is 13.2 Å². The summed E-state index contributed by atoms with van der Waals surface area (Å²) in [7, 11) is -1.41. The zero-order valence-corrected chi connectivity index (χ0v) is 18.1. The van der Waals surface area contributed by atoms with Crippen LogP contribution in [0, 0.1) is 6.92 Å². The quantitative estimate of drug-likeness (QED) is 0.558. The van der Waals surface area contributed by atoms with E-state index in [0.29, 0.717) is 28.4 Å². The molecule has 0 aliphatic carbocycles. The van der Waals surface area contributed by atoms with E-state index >= 15 is 0 Å². The van der Waals surface area contributed by atoms with E-state index in [1.165, 1.54) is 0 Å². The number of aryl methyl sites for hydroxylation is 1. The summed E-state index contributed by atoms with van der Waals surface area (Å²) in [4.78, 5) is 12.9. The Bertz CT molecular complexity index is 1130. The van der Waals surface area contributed by atoms with Crippen molar-refractivity contribution in [1.29, 1.82) is 0 Å². The second-order valence-corrected chi connectivity index (χ2v) is 9.39. The maximum atomic E-state index is 12.9. The second-order valence-electron chi connectivity index (χ2n) is 6.94. The van der Waals surface area contributed by atoms with Crippen molar-refractivity contribution < 1.29 is 13.2 Å². The van der Waals surface area contributed by atoms with Crippen LogP contribution in [0.5, 0.6) is 0 Å². The Labute approximate surface area is 176 Å². The molecule has 0 unspecified atom stereocenters. The van der Waals surface area contributed by atoms with Crippen LogP contribution in [0.1, 0.15) is 39.8 Å². The topological polar surface area (TPSA) is 68.2 Å². The Hall–Kier alpha value is -2.57. The van der Waals surface area contributed by atoms with Crippen LogP contribution in [-0.2, 0) is 23.5 Å². The number of sulfonamides is 1. The van der Waals surface area contributed by atoms with Crippen molar-refractivity contribution in [3.63, 3.8) is 0 Å². The summed E-state index contributed by atoms with van der Waals surface area (Å²) in [6.45, 7) is 3.52.